The Balaban J connectivity index is 0. The van der Waals surface area contributed by atoms with E-state index in [0.717, 1.165) is 0 Å². The highest BCUT2D eigenvalue weighted by atomic mass is 17.0. The van der Waals surface area contributed by atoms with Crippen LogP contribution in [0.15, 0.2) is 0 Å². The summed E-state index contributed by atoms with van der Waals surface area (Å²) in [7, 11) is 0. The molecule has 3 unspecified atom stereocenters. The molecule has 0 bridgehead atoms. The minimum atomic E-state index is -0.900. The lowest BCUT2D eigenvalue weighted by atomic mass is 9.78. The third kappa shape index (κ3) is 16.8. The van der Waals surface area contributed by atoms with Crippen LogP contribution in [0.25, 0.3) is 0 Å². The molecule has 0 fully saturated rings. The summed E-state index contributed by atoms with van der Waals surface area (Å²) in [6, 6.07) is 0. The SMILES string of the molecule is CC(CCC(C(=O)O)C(C)(C)C)O[N+](=O)[O-].CC(CCCC(=O)O)O[N+](=O)[O-]. The predicted molar refractivity (Wildman–Crippen MR) is 96.4 cm³/mol. The molecule has 28 heavy (non-hydrogen) atoms. The molecule has 0 spiro atoms. The Morgan fingerprint density at radius 3 is 1.68 bits per heavy atom. The first kappa shape index (κ1) is 27.6. The molecule has 0 aliphatic heterocycles. The fourth-order valence-corrected chi connectivity index (χ4v) is 2.27. The van der Waals surface area contributed by atoms with E-state index in [4.69, 9.17) is 10.2 Å². The molecule has 12 nitrogen and oxygen atoms in total. The van der Waals surface area contributed by atoms with Crippen molar-refractivity contribution in [1.29, 1.82) is 0 Å². The third-order valence-electron chi connectivity index (χ3n) is 3.74. The monoisotopic (exact) mass is 410 g/mol. The van der Waals surface area contributed by atoms with E-state index >= 15 is 0 Å². The highest BCUT2D eigenvalue weighted by Crippen LogP contribution is 2.30. The van der Waals surface area contributed by atoms with Gasteiger partial charge in [0.05, 0.1) is 5.92 Å². The molecule has 3 atom stereocenters. The quantitative estimate of drug-likeness (QED) is 0.358. The van der Waals surface area contributed by atoms with Gasteiger partial charge in [-0.15, -0.1) is 20.2 Å². The van der Waals surface area contributed by atoms with Crippen LogP contribution in [0.1, 0.15) is 66.7 Å². The maximum Gasteiger partial charge on any atom is 0.307 e. The molecule has 0 rings (SSSR count). The summed E-state index contributed by atoms with van der Waals surface area (Å²) in [5.41, 5.74) is -0.361. The molecule has 0 aliphatic carbocycles. The number of carbonyl (C=O) groups is 2. The number of hydrogen-bond donors (Lipinski definition) is 2. The topological polar surface area (TPSA) is 179 Å². The second kappa shape index (κ2) is 13.5. The Bertz CT molecular complexity index is 518. The van der Waals surface area contributed by atoms with Crippen LogP contribution in [0.5, 0.6) is 0 Å². The summed E-state index contributed by atoms with van der Waals surface area (Å²) in [6.45, 7) is 8.61. The van der Waals surface area contributed by atoms with Gasteiger partial charge in [-0.1, -0.05) is 20.8 Å². The number of aliphatic carboxylic acids is 2. The molecule has 0 saturated carbocycles. The standard InChI is InChI=1S/C10H19NO5.C6H11NO5/c1-7(16-11(14)15)5-6-8(9(12)13)10(2,3)4;1-5(12-7(10)11)3-2-4-6(8)9/h7-8H,5-6H2,1-4H3,(H,12,13);5H,2-4H2,1H3,(H,8,9). The Kier molecular flexibility index (Phi) is 13.3. The molecule has 164 valence electrons. The molecule has 0 radical (unpaired) electrons. The Morgan fingerprint density at radius 1 is 0.929 bits per heavy atom. The Labute approximate surface area is 163 Å². The minimum Gasteiger partial charge on any atom is -0.481 e. The fourth-order valence-electron chi connectivity index (χ4n) is 2.27. The number of nitrogens with zero attached hydrogens (tertiary/aromatic N) is 2. The van der Waals surface area contributed by atoms with E-state index < -0.39 is 40.2 Å². The average Bonchev–Trinajstić information content (AvgIpc) is 2.43. The van der Waals surface area contributed by atoms with Crippen LogP contribution in [0.3, 0.4) is 0 Å². The van der Waals surface area contributed by atoms with Gasteiger partial charge in [-0.05, 0) is 44.9 Å². The van der Waals surface area contributed by atoms with Gasteiger partial charge in [-0.25, -0.2) is 0 Å². The van der Waals surface area contributed by atoms with Crippen molar-refractivity contribution in [1.82, 2.24) is 0 Å². The normalized spacial score (nSPS) is 13.9. The van der Waals surface area contributed by atoms with E-state index in [2.05, 4.69) is 9.68 Å². The van der Waals surface area contributed by atoms with Crippen molar-refractivity contribution < 1.29 is 39.7 Å². The van der Waals surface area contributed by atoms with Crippen molar-refractivity contribution in [3.05, 3.63) is 20.2 Å². The van der Waals surface area contributed by atoms with Crippen LogP contribution in [0, 0.1) is 31.6 Å². The van der Waals surface area contributed by atoms with Gasteiger partial charge in [0.25, 0.3) is 10.2 Å². The van der Waals surface area contributed by atoms with Crippen LogP contribution < -0.4 is 0 Å². The lowest BCUT2D eigenvalue weighted by Gasteiger charge is -2.27. The van der Waals surface area contributed by atoms with Crippen LogP contribution >= 0.6 is 0 Å². The summed E-state index contributed by atoms with van der Waals surface area (Å²) < 4.78 is 0. The first-order chi connectivity index (χ1) is 12.7. The Morgan fingerprint density at radius 2 is 1.36 bits per heavy atom. The zero-order valence-corrected chi connectivity index (χ0v) is 16.8. The lowest BCUT2D eigenvalue weighted by molar-refractivity contribution is -0.767. The van der Waals surface area contributed by atoms with Crippen LogP contribution in [0.2, 0.25) is 0 Å². The van der Waals surface area contributed by atoms with Crippen molar-refractivity contribution in [3.63, 3.8) is 0 Å². The largest absolute Gasteiger partial charge is 0.481 e. The highest BCUT2D eigenvalue weighted by molar-refractivity contribution is 5.70. The number of carboxylic acid groups (broad SMARTS) is 2. The average molecular weight is 410 g/mol. The smallest absolute Gasteiger partial charge is 0.307 e. The number of rotatable bonds is 12. The van der Waals surface area contributed by atoms with Crippen LogP contribution in [-0.2, 0) is 19.3 Å². The molecule has 0 aromatic carbocycles. The molecular formula is C16H30N2O10. The molecule has 0 saturated heterocycles. The van der Waals surface area contributed by atoms with Crippen LogP contribution in [-0.4, -0.2) is 44.5 Å². The molecule has 0 aliphatic rings. The molecule has 0 amide bonds. The first-order valence-electron chi connectivity index (χ1n) is 8.73. The summed E-state index contributed by atoms with van der Waals surface area (Å²) in [6.07, 6.45) is 0.421. The van der Waals surface area contributed by atoms with Gasteiger partial charge in [0, 0.05) is 6.42 Å². The van der Waals surface area contributed by atoms with E-state index in [0.29, 0.717) is 25.7 Å². The van der Waals surface area contributed by atoms with Crippen molar-refractivity contribution in [2.24, 2.45) is 11.3 Å². The first-order valence-corrected chi connectivity index (χ1v) is 8.73. The van der Waals surface area contributed by atoms with Gasteiger partial charge in [-0.2, -0.15) is 0 Å². The minimum absolute atomic E-state index is 0.0193. The van der Waals surface area contributed by atoms with Crippen molar-refractivity contribution in [2.45, 2.75) is 78.9 Å². The summed E-state index contributed by atoms with van der Waals surface area (Å²) >= 11 is 0. The van der Waals surface area contributed by atoms with E-state index in [9.17, 15) is 29.8 Å². The summed E-state index contributed by atoms with van der Waals surface area (Å²) in [5.74, 6) is -2.30. The molecule has 0 aromatic heterocycles. The molecule has 12 heteroatoms. The molecule has 0 heterocycles. The Hall–Kier alpha value is -2.66. The fraction of sp³-hybridized carbons (Fsp3) is 0.875. The number of hydrogen-bond acceptors (Lipinski definition) is 8. The number of carboxylic acids is 2. The second-order valence-electron chi connectivity index (χ2n) is 7.40. The van der Waals surface area contributed by atoms with E-state index in [1.54, 1.807) is 6.92 Å². The van der Waals surface area contributed by atoms with Gasteiger partial charge in [0.15, 0.2) is 0 Å². The maximum absolute atomic E-state index is 11.0. The van der Waals surface area contributed by atoms with E-state index in [1.807, 2.05) is 20.8 Å². The molecular weight excluding hydrogens is 380 g/mol. The highest BCUT2D eigenvalue weighted by Gasteiger charge is 2.31. The van der Waals surface area contributed by atoms with Crippen molar-refractivity contribution >= 4 is 11.9 Å². The maximum atomic E-state index is 11.0. The van der Waals surface area contributed by atoms with Gasteiger partial charge < -0.3 is 19.9 Å². The zero-order chi connectivity index (χ0) is 22.5. The predicted octanol–water partition coefficient (Wildman–Crippen LogP) is 2.95. The molecule has 0 aromatic rings. The van der Waals surface area contributed by atoms with E-state index in [1.165, 1.54) is 6.92 Å². The van der Waals surface area contributed by atoms with Crippen LogP contribution in [0.4, 0.5) is 0 Å². The van der Waals surface area contributed by atoms with Crippen molar-refractivity contribution in [3.8, 4) is 0 Å². The summed E-state index contributed by atoms with van der Waals surface area (Å²) in [5, 5.41) is 35.4. The lowest BCUT2D eigenvalue weighted by Crippen LogP contribution is -2.29. The molecule has 2 N–H and O–H groups in total. The zero-order valence-electron chi connectivity index (χ0n) is 16.8. The van der Waals surface area contributed by atoms with Crippen molar-refractivity contribution in [2.75, 3.05) is 0 Å². The van der Waals surface area contributed by atoms with Gasteiger partial charge in [-0.3, -0.25) is 9.59 Å². The van der Waals surface area contributed by atoms with Gasteiger partial charge >= 0.3 is 11.9 Å². The van der Waals surface area contributed by atoms with Gasteiger partial charge in [0.1, 0.15) is 12.2 Å². The van der Waals surface area contributed by atoms with Gasteiger partial charge in [0.2, 0.25) is 0 Å². The second-order valence-corrected chi connectivity index (χ2v) is 7.40. The third-order valence-corrected chi connectivity index (χ3v) is 3.74. The summed E-state index contributed by atoms with van der Waals surface area (Å²) in [4.78, 5) is 49.3. The van der Waals surface area contributed by atoms with E-state index in [-0.39, 0.29) is 11.8 Å².